The van der Waals surface area contributed by atoms with E-state index in [1.165, 1.54) is 11.8 Å². The average molecular weight is 304 g/mol. The molecule has 3 aromatic heterocycles. The maximum absolute atomic E-state index is 6.39. The predicted molar refractivity (Wildman–Crippen MR) is 77.3 cm³/mol. The normalized spacial score (nSPS) is 10.7. The lowest BCUT2D eigenvalue weighted by atomic mass is 10.4. The maximum Gasteiger partial charge on any atom is 0.173 e. The van der Waals surface area contributed by atoms with Crippen molar-refractivity contribution < 1.29 is 0 Å². The lowest BCUT2D eigenvalue weighted by Gasteiger charge is -2.07. The maximum atomic E-state index is 6.39. The van der Waals surface area contributed by atoms with Gasteiger partial charge in [0, 0.05) is 29.7 Å². The summed E-state index contributed by atoms with van der Waals surface area (Å²) in [6, 6.07) is 3.67. The van der Waals surface area contributed by atoms with Gasteiger partial charge in [0.1, 0.15) is 5.03 Å². The van der Waals surface area contributed by atoms with Crippen LogP contribution >= 0.6 is 23.4 Å². The molecule has 0 saturated heterocycles. The van der Waals surface area contributed by atoms with Gasteiger partial charge in [-0.2, -0.15) is 5.10 Å². The fraction of sp³-hybridized carbons (Fsp3) is 0.0769. The summed E-state index contributed by atoms with van der Waals surface area (Å²) in [5, 5.41) is 5.47. The van der Waals surface area contributed by atoms with E-state index >= 15 is 0 Å². The molecule has 3 heterocycles. The summed E-state index contributed by atoms with van der Waals surface area (Å²) in [4.78, 5) is 13.6. The lowest BCUT2D eigenvalue weighted by Crippen LogP contribution is -1.99. The van der Waals surface area contributed by atoms with Gasteiger partial charge in [-0.05, 0) is 19.1 Å². The highest BCUT2D eigenvalue weighted by atomic mass is 35.5. The van der Waals surface area contributed by atoms with Crippen LogP contribution in [0.5, 0.6) is 0 Å². The summed E-state index contributed by atoms with van der Waals surface area (Å²) in [5.74, 6) is 0.599. The van der Waals surface area contributed by atoms with Crippen LogP contribution in [0.2, 0.25) is 5.02 Å². The molecule has 0 atom stereocenters. The zero-order chi connectivity index (χ0) is 13.9. The van der Waals surface area contributed by atoms with Crippen LogP contribution < -0.4 is 0 Å². The van der Waals surface area contributed by atoms with E-state index < -0.39 is 0 Å². The Kier molecular flexibility index (Phi) is 3.66. The topological polar surface area (TPSA) is 56.5 Å². The Morgan fingerprint density at radius 3 is 2.75 bits per heavy atom. The van der Waals surface area contributed by atoms with Gasteiger partial charge in [0.2, 0.25) is 0 Å². The highest BCUT2D eigenvalue weighted by molar-refractivity contribution is 7.99. The first-order valence-corrected chi connectivity index (χ1v) is 7.04. The van der Waals surface area contributed by atoms with E-state index in [2.05, 4.69) is 20.1 Å². The Balaban J connectivity index is 1.94. The van der Waals surface area contributed by atoms with Crippen molar-refractivity contribution in [2.45, 2.75) is 16.8 Å². The molecule has 0 aliphatic carbocycles. The molecule has 5 nitrogen and oxygen atoms in total. The van der Waals surface area contributed by atoms with E-state index in [1.807, 2.05) is 19.1 Å². The molecule has 0 aliphatic rings. The standard InChI is InChI=1S/C13H10ClN5S/c1-9-7-17-11(8-16-9)20-10-3-5-15-13(12(10)14)19-6-2-4-18-19/h2-8H,1H3. The zero-order valence-corrected chi connectivity index (χ0v) is 12.1. The van der Waals surface area contributed by atoms with Crippen LogP contribution in [0.3, 0.4) is 0 Å². The summed E-state index contributed by atoms with van der Waals surface area (Å²) < 4.78 is 1.63. The number of aromatic nitrogens is 5. The second kappa shape index (κ2) is 5.60. The summed E-state index contributed by atoms with van der Waals surface area (Å²) >= 11 is 7.84. The molecule has 0 spiro atoms. The number of aryl methyl sites for hydroxylation is 1. The molecule has 0 fully saturated rings. The largest absolute Gasteiger partial charge is 0.257 e. The Hall–Kier alpha value is -1.92. The third-order valence-corrected chi connectivity index (χ3v) is 3.99. The molecule has 0 amide bonds. The SMILES string of the molecule is Cc1cnc(Sc2ccnc(-n3cccn3)c2Cl)cn1. The Morgan fingerprint density at radius 2 is 2.05 bits per heavy atom. The van der Waals surface area contributed by atoms with Crippen LogP contribution in [0.25, 0.3) is 5.82 Å². The summed E-state index contributed by atoms with van der Waals surface area (Å²) in [7, 11) is 0. The second-order valence-corrected chi connectivity index (χ2v) is 5.44. The molecule has 0 N–H and O–H groups in total. The molecule has 0 aliphatic heterocycles. The molecule has 3 rings (SSSR count). The van der Waals surface area contributed by atoms with Gasteiger partial charge < -0.3 is 0 Å². The van der Waals surface area contributed by atoms with Gasteiger partial charge in [-0.25, -0.2) is 14.6 Å². The summed E-state index contributed by atoms with van der Waals surface area (Å²) in [6.07, 6.45) is 8.64. The van der Waals surface area contributed by atoms with Gasteiger partial charge in [0.25, 0.3) is 0 Å². The van der Waals surface area contributed by atoms with E-state index in [4.69, 9.17) is 11.6 Å². The van der Waals surface area contributed by atoms with E-state index in [0.29, 0.717) is 10.8 Å². The van der Waals surface area contributed by atoms with E-state index in [9.17, 15) is 0 Å². The molecule has 0 unspecified atom stereocenters. The van der Waals surface area contributed by atoms with Crippen molar-refractivity contribution >= 4 is 23.4 Å². The van der Waals surface area contributed by atoms with Gasteiger partial charge in [0.05, 0.1) is 16.9 Å². The second-order valence-electron chi connectivity index (χ2n) is 4.00. The van der Waals surface area contributed by atoms with Crippen molar-refractivity contribution in [3.8, 4) is 5.82 Å². The van der Waals surface area contributed by atoms with Crippen molar-refractivity contribution in [3.63, 3.8) is 0 Å². The molecule has 7 heteroatoms. The zero-order valence-electron chi connectivity index (χ0n) is 10.6. The highest BCUT2D eigenvalue weighted by Crippen LogP contribution is 2.34. The molecule has 0 saturated carbocycles. The molecule has 20 heavy (non-hydrogen) atoms. The highest BCUT2D eigenvalue weighted by Gasteiger charge is 2.11. The van der Waals surface area contributed by atoms with Crippen LogP contribution in [0.1, 0.15) is 5.69 Å². The fourth-order valence-electron chi connectivity index (χ4n) is 1.59. The van der Waals surface area contributed by atoms with Crippen LogP contribution in [0.4, 0.5) is 0 Å². The van der Waals surface area contributed by atoms with Crippen LogP contribution in [-0.2, 0) is 0 Å². The third kappa shape index (κ3) is 2.66. The molecular formula is C13H10ClN5S. The molecule has 0 bridgehead atoms. The molecule has 100 valence electrons. The smallest absolute Gasteiger partial charge is 0.173 e. The number of nitrogens with zero attached hydrogens (tertiary/aromatic N) is 5. The van der Waals surface area contributed by atoms with Crippen molar-refractivity contribution in [1.29, 1.82) is 0 Å². The van der Waals surface area contributed by atoms with E-state index in [1.54, 1.807) is 35.7 Å². The van der Waals surface area contributed by atoms with Crippen LogP contribution in [-0.4, -0.2) is 24.7 Å². The fourth-order valence-corrected chi connectivity index (χ4v) is 2.65. The van der Waals surface area contributed by atoms with E-state index in [0.717, 1.165) is 15.6 Å². The Morgan fingerprint density at radius 1 is 1.15 bits per heavy atom. The number of rotatable bonds is 3. The monoisotopic (exact) mass is 303 g/mol. The summed E-state index contributed by atoms with van der Waals surface area (Å²) in [5.41, 5.74) is 0.882. The van der Waals surface area contributed by atoms with Crippen molar-refractivity contribution in [2.75, 3.05) is 0 Å². The Labute approximate surface area is 125 Å². The molecule has 3 aromatic rings. The first-order valence-electron chi connectivity index (χ1n) is 5.85. The molecular weight excluding hydrogens is 294 g/mol. The minimum absolute atomic E-state index is 0.545. The van der Waals surface area contributed by atoms with E-state index in [-0.39, 0.29) is 0 Å². The minimum Gasteiger partial charge on any atom is -0.257 e. The molecule has 0 radical (unpaired) electrons. The van der Waals surface area contributed by atoms with Crippen molar-refractivity contribution in [3.05, 3.63) is 53.8 Å². The third-order valence-electron chi connectivity index (χ3n) is 2.53. The first-order chi connectivity index (χ1) is 9.74. The Bertz CT molecular complexity index is 712. The first kappa shape index (κ1) is 13.1. The van der Waals surface area contributed by atoms with Gasteiger partial charge in [0.15, 0.2) is 5.82 Å². The predicted octanol–water partition coefficient (Wildman–Crippen LogP) is 3.17. The quantitative estimate of drug-likeness (QED) is 0.744. The number of hydrogen-bond donors (Lipinski definition) is 0. The number of pyridine rings is 1. The van der Waals surface area contributed by atoms with Gasteiger partial charge in [-0.1, -0.05) is 23.4 Å². The lowest BCUT2D eigenvalue weighted by molar-refractivity contribution is 0.842. The molecule has 0 aromatic carbocycles. The number of hydrogen-bond acceptors (Lipinski definition) is 5. The minimum atomic E-state index is 0.545. The summed E-state index contributed by atoms with van der Waals surface area (Å²) in [6.45, 7) is 1.90. The van der Waals surface area contributed by atoms with Gasteiger partial charge in [-0.3, -0.25) is 4.98 Å². The van der Waals surface area contributed by atoms with Crippen LogP contribution in [0.15, 0.2) is 53.0 Å². The van der Waals surface area contributed by atoms with Crippen molar-refractivity contribution in [1.82, 2.24) is 24.7 Å². The average Bonchev–Trinajstić information content (AvgIpc) is 2.97. The van der Waals surface area contributed by atoms with Gasteiger partial charge >= 0.3 is 0 Å². The van der Waals surface area contributed by atoms with Crippen LogP contribution in [0, 0.1) is 6.92 Å². The van der Waals surface area contributed by atoms with Crippen molar-refractivity contribution in [2.24, 2.45) is 0 Å². The number of halogens is 1. The van der Waals surface area contributed by atoms with Gasteiger partial charge in [-0.15, -0.1) is 0 Å².